The number of ether oxygens (including phenoxy) is 1. The van der Waals surface area contributed by atoms with Crippen molar-refractivity contribution in [3.05, 3.63) is 89.1 Å². The summed E-state index contributed by atoms with van der Waals surface area (Å²) in [5, 5.41) is 0. The largest absolute Gasteiger partial charge is 0.481 e. The first-order chi connectivity index (χ1) is 18.4. The van der Waals surface area contributed by atoms with Gasteiger partial charge in [-0.2, -0.15) is 0 Å². The Labute approximate surface area is 223 Å². The molecule has 1 fully saturated rings. The molecule has 1 aliphatic heterocycles. The lowest BCUT2D eigenvalue weighted by molar-refractivity contribution is -0.138. The highest BCUT2D eigenvalue weighted by Gasteiger charge is 2.36. The Morgan fingerprint density at radius 2 is 1.89 bits per heavy atom. The van der Waals surface area contributed by atoms with Crippen LogP contribution in [-0.2, 0) is 22.6 Å². The summed E-state index contributed by atoms with van der Waals surface area (Å²) < 4.78 is 25.4. The number of carbonyl (C=O) groups excluding carboxylic acids is 2. The highest BCUT2D eigenvalue weighted by atomic mass is 19.1. The van der Waals surface area contributed by atoms with Gasteiger partial charge in [0.1, 0.15) is 17.3 Å². The summed E-state index contributed by atoms with van der Waals surface area (Å²) in [5.41, 5.74) is 2.98. The standard InChI is InChI=1S/C31H35FN2O4/c1-3-28(31(36)33(2)20-26-9-6-18-37-26)38-25-15-12-21-16-17-34(30(35)23-7-4-5-8-23)29(27(21)19-25)22-10-13-24(32)14-11-22/h6,9-15,18-19,23,28-29H,3-5,7-8,16-17,20H2,1-2H3. The normalized spacial score (nSPS) is 18.2. The van der Waals surface area contributed by atoms with Crippen LogP contribution in [-0.4, -0.2) is 41.3 Å². The summed E-state index contributed by atoms with van der Waals surface area (Å²) in [7, 11) is 1.74. The molecule has 1 aromatic heterocycles. The smallest absolute Gasteiger partial charge is 0.263 e. The van der Waals surface area contributed by atoms with Gasteiger partial charge >= 0.3 is 0 Å². The minimum Gasteiger partial charge on any atom is -0.481 e. The van der Waals surface area contributed by atoms with Crippen LogP contribution < -0.4 is 4.74 Å². The molecular formula is C31H35FN2O4. The van der Waals surface area contributed by atoms with Crippen molar-refractivity contribution in [2.24, 2.45) is 5.92 Å². The summed E-state index contributed by atoms with van der Waals surface area (Å²) in [6, 6.07) is 15.6. The third kappa shape index (κ3) is 5.47. The van der Waals surface area contributed by atoms with Gasteiger partial charge in [0.2, 0.25) is 5.91 Å². The molecule has 0 radical (unpaired) electrons. The van der Waals surface area contributed by atoms with Gasteiger partial charge in [-0.1, -0.05) is 38.0 Å². The number of furan rings is 1. The van der Waals surface area contributed by atoms with Crippen molar-refractivity contribution in [1.29, 1.82) is 0 Å². The van der Waals surface area contributed by atoms with Gasteiger partial charge in [-0.15, -0.1) is 0 Å². The van der Waals surface area contributed by atoms with E-state index in [9.17, 15) is 14.0 Å². The van der Waals surface area contributed by atoms with Crippen LogP contribution in [0.5, 0.6) is 5.75 Å². The predicted octanol–water partition coefficient (Wildman–Crippen LogP) is 5.90. The van der Waals surface area contributed by atoms with Crippen molar-refractivity contribution < 1.29 is 23.1 Å². The van der Waals surface area contributed by atoms with Crippen molar-refractivity contribution in [1.82, 2.24) is 9.80 Å². The maximum Gasteiger partial charge on any atom is 0.263 e. The number of benzene rings is 2. The Bertz CT molecular complexity index is 1250. The van der Waals surface area contributed by atoms with Crippen LogP contribution in [0.2, 0.25) is 0 Å². The number of amides is 2. The van der Waals surface area contributed by atoms with E-state index in [0.717, 1.165) is 48.8 Å². The Hall–Kier alpha value is -3.61. The lowest BCUT2D eigenvalue weighted by Crippen LogP contribution is -2.43. The lowest BCUT2D eigenvalue weighted by Gasteiger charge is -2.39. The van der Waals surface area contributed by atoms with Crippen LogP contribution in [0.1, 0.15) is 67.5 Å². The Balaban J connectivity index is 1.42. The van der Waals surface area contributed by atoms with E-state index in [1.54, 1.807) is 36.4 Å². The quantitative estimate of drug-likeness (QED) is 0.373. The minimum atomic E-state index is -0.655. The van der Waals surface area contributed by atoms with Gasteiger partial charge in [-0.25, -0.2) is 4.39 Å². The number of hydrogen-bond acceptors (Lipinski definition) is 4. The molecule has 0 saturated heterocycles. The van der Waals surface area contributed by atoms with Gasteiger partial charge in [0.25, 0.3) is 5.91 Å². The maximum absolute atomic E-state index is 13.8. The average Bonchev–Trinajstić information content (AvgIpc) is 3.66. The van der Waals surface area contributed by atoms with Crippen LogP contribution in [0.15, 0.2) is 65.3 Å². The molecule has 3 aromatic rings. The van der Waals surface area contributed by atoms with E-state index in [2.05, 4.69) is 0 Å². The number of nitrogens with zero attached hydrogens (tertiary/aromatic N) is 2. The molecule has 1 saturated carbocycles. The van der Waals surface area contributed by atoms with Crippen molar-refractivity contribution in [2.75, 3.05) is 13.6 Å². The van der Waals surface area contributed by atoms with E-state index in [4.69, 9.17) is 9.15 Å². The van der Waals surface area contributed by atoms with E-state index in [0.29, 0.717) is 31.0 Å². The summed E-state index contributed by atoms with van der Waals surface area (Å²) >= 11 is 0. The van der Waals surface area contributed by atoms with Gasteiger partial charge < -0.3 is 19.0 Å². The molecule has 1 aliphatic carbocycles. The van der Waals surface area contributed by atoms with E-state index < -0.39 is 6.10 Å². The first-order valence-electron chi connectivity index (χ1n) is 13.6. The summed E-state index contributed by atoms with van der Waals surface area (Å²) in [6.07, 6.45) is 6.20. The molecule has 0 spiro atoms. The van der Waals surface area contributed by atoms with Crippen molar-refractivity contribution in [2.45, 2.75) is 64.1 Å². The molecule has 7 heteroatoms. The second-order valence-corrected chi connectivity index (χ2v) is 10.4. The fraction of sp³-hybridized carbons (Fsp3) is 0.419. The molecule has 5 rings (SSSR count). The zero-order valence-electron chi connectivity index (χ0n) is 22.1. The predicted molar refractivity (Wildman–Crippen MR) is 142 cm³/mol. The van der Waals surface area contributed by atoms with E-state index in [1.807, 2.05) is 36.1 Å². The van der Waals surface area contributed by atoms with Gasteiger partial charge in [0.15, 0.2) is 6.10 Å². The molecule has 2 aliphatic rings. The number of hydrogen-bond donors (Lipinski definition) is 0. The number of likely N-dealkylation sites (N-methyl/N-ethyl adjacent to an activating group) is 1. The van der Waals surface area contributed by atoms with Crippen LogP contribution >= 0.6 is 0 Å². The van der Waals surface area contributed by atoms with Crippen LogP contribution in [0.3, 0.4) is 0 Å². The number of halogens is 1. The zero-order chi connectivity index (χ0) is 26.6. The summed E-state index contributed by atoms with van der Waals surface area (Å²) in [6.45, 7) is 2.91. The molecule has 2 amide bonds. The zero-order valence-corrected chi connectivity index (χ0v) is 22.1. The molecule has 200 valence electrons. The first-order valence-corrected chi connectivity index (χ1v) is 13.6. The Morgan fingerprint density at radius 1 is 1.13 bits per heavy atom. The SMILES string of the molecule is CCC(Oc1ccc2c(c1)C(c1ccc(F)cc1)N(C(=O)C1CCCC1)CC2)C(=O)N(C)Cc1ccco1. The molecule has 2 atom stereocenters. The maximum atomic E-state index is 13.8. The third-order valence-electron chi connectivity index (χ3n) is 7.79. The number of rotatable bonds is 8. The van der Waals surface area contributed by atoms with Gasteiger partial charge in [0.05, 0.1) is 18.8 Å². The Morgan fingerprint density at radius 3 is 2.58 bits per heavy atom. The first kappa shape index (κ1) is 26.0. The summed E-state index contributed by atoms with van der Waals surface area (Å²) in [5.74, 6) is 1.07. The molecule has 2 aromatic carbocycles. The van der Waals surface area contributed by atoms with E-state index >= 15 is 0 Å². The molecule has 38 heavy (non-hydrogen) atoms. The Kier molecular flexibility index (Phi) is 7.82. The van der Waals surface area contributed by atoms with Crippen molar-refractivity contribution in [3.8, 4) is 5.75 Å². The second kappa shape index (κ2) is 11.4. The van der Waals surface area contributed by atoms with Crippen LogP contribution in [0, 0.1) is 11.7 Å². The fourth-order valence-electron chi connectivity index (χ4n) is 5.75. The van der Waals surface area contributed by atoms with Crippen molar-refractivity contribution in [3.63, 3.8) is 0 Å². The molecule has 6 nitrogen and oxygen atoms in total. The van der Waals surface area contributed by atoms with Crippen molar-refractivity contribution >= 4 is 11.8 Å². The average molecular weight is 519 g/mol. The number of carbonyl (C=O) groups is 2. The van der Waals surface area contributed by atoms with Crippen LogP contribution in [0.4, 0.5) is 4.39 Å². The van der Waals surface area contributed by atoms with Gasteiger partial charge in [-0.05, 0) is 78.8 Å². The molecule has 2 heterocycles. The van der Waals surface area contributed by atoms with Gasteiger partial charge in [-0.3, -0.25) is 9.59 Å². The van der Waals surface area contributed by atoms with E-state index in [-0.39, 0.29) is 29.6 Å². The summed E-state index contributed by atoms with van der Waals surface area (Å²) in [4.78, 5) is 30.4. The van der Waals surface area contributed by atoms with Crippen LogP contribution in [0.25, 0.3) is 0 Å². The third-order valence-corrected chi connectivity index (χ3v) is 7.79. The highest BCUT2D eigenvalue weighted by molar-refractivity contribution is 5.81. The lowest BCUT2D eigenvalue weighted by atomic mass is 9.87. The second-order valence-electron chi connectivity index (χ2n) is 10.4. The molecular weight excluding hydrogens is 483 g/mol. The van der Waals surface area contributed by atoms with Gasteiger partial charge in [0, 0.05) is 19.5 Å². The fourth-order valence-corrected chi connectivity index (χ4v) is 5.75. The monoisotopic (exact) mass is 518 g/mol. The molecule has 0 N–H and O–H groups in total. The number of fused-ring (bicyclic) bond motifs is 1. The topological polar surface area (TPSA) is 63.0 Å². The minimum absolute atomic E-state index is 0.0470. The van der Waals surface area contributed by atoms with E-state index in [1.165, 1.54) is 12.1 Å². The highest BCUT2D eigenvalue weighted by Crippen LogP contribution is 2.40. The molecule has 0 bridgehead atoms. The molecule has 2 unspecified atom stereocenters.